The molecule has 2 amide bonds. The van der Waals surface area contributed by atoms with E-state index in [-0.39, 0.29) is 30.9 Å². The van der Waals surface area contributed by atoms with Gasteiger partial charge >= 0.3 is 12.0 Å². The summed E-state index contributed by atoms with van der Waals surface area (Å²) in [4.78, 5) is 39.5. The second-order valence-corrected chi connectivity index (χ2v) is 7.13. The number of nitrogens with one attached hydrogen (secondary N) is 1. The number of carbonyl (C=O) groups excluding carboxylic acids is 3. The molecular weight excluding hydrogens is 374 g/mol. The summed E-state index contributed by atoms with van der Waals surface area (Å²) in [7, 11) is 1.31. The molecule has 0 unspecified atom stereocenters. The lowest BCUT2D eigenvalue weighted by molar-refractivity contribution is 0.0587. The van der Waals surface area contributed by atoms with Gasteiger partial charge in [0, 0.05) is 23.8 Å². The van der Waals surface area contributed by atoms with Gasteiger partial charge in [-0.25, -0.2) is 9.59 Å². The Morgan fingerprint density at radius 2 is 1.97 bits per heavy atom. The highest BCUT2D eigenvalue weighted by molar-refractivity contribution is 6.04. The number of ether oxygens (including phenoxy) is 1. The Morgan fingerprint density at radius 3 is 2.48 bits per heavy atom. The van der Waals surface area contributed by atoms with Crippen molar-refractivity contribution in [3.63, 3.8) is 0 Å². The fourth-order valence-electron chi connectivity index (χ4n) is 3.44. The van der Waals surface area contributed by atoms with Crippen LogP contribution in [0.4, 0.5) is 4.79 Å². The van der Waals surface area contributed by atoms with Crippen LogP contribution in [-0.4, -0.2) is 46.9 Å². The number of rotatable bonds is 8. The fourth-order valence-corrected chi connectivity index (χ4v) is 3.44. The molecule has 0 bridgehead atoms. The number of aromatic nitrogens is 1. The number of esters is 1. The number of hydrogen-bond donors (Lipinski definition) is 1. The number of Topliss-reactive ketones (excluding diaryl/α,β-unsaturated/α-hetero) is 1. The summed E-state index contributed by atoms with van der Waals surface area (Å²) in [6, 6.07) is 3.04. The second-order valence-electron chi connectivity index (χ2n) is 7.13. The highest BCUT2D eigenvalue weighted by Gasteiger charge is 2.28. The zero-order valence-electron chi connectivity index (χ0n) is 17.9. The van der Waals surface area contributed by atoms with Gasteiger partial charge in [-0.1, -0.05) is 0 Å². The number of urea groups is 1. The summed E-state index contributed by atoms with van der Waals surface area (Å²) in [5.41, 5.74) is 2.04. The summed E-state index contributed by atoms with van der Waals surface area (Å²) in [5.74, 6) is -0.161. The Morgan fingerprint density at radius 1 is 1.28 bits per heavy atom. The van der Waals surface area contributed by atoms with Crippen molar-refractivity contribution in [3.8, 4) is 0 Å². The van der Waals surface area contributed by atoms with Crippen LogP contribution in [0.5, 0.6) is 0 Å². The molecule has 0 fully saturated rings. The molecule has 2 heterocycles. The minimum atomic E-state index is -0.489. The molecule has 8 heteroatoms. The van der Waals surface area contributed by atoms with E-state index in [1.165, 1.54) is 18.3 Å². The molecule has 0 aliphatic heterocycles. The average molecular weight is 403 g/mol. The first-order valence-electron chi connectivity index (χ1n) is 9.60. The van der Waals surface area contributed by atoms with E-state index in [4.69, 9.17) is 9.15 Å². The number of methoxy groups -OCH3 is 1. The van der Waals surface area contributed by atoms with E-state index in [1.807, 2.05) is 20.8 Å². The molecule has 0 aromatic carbocycles. The normalized spacial score (nSPS) is 10.9. The number of furan rings is 1. The van der Waals surface area contributed by atoms with Crippen LogP contribution in [0.3, 0.4) is 0 Å². The quantitative estimate of drug-likeness (QED) is 0.539. The van der Waals surface area contributed by atoms with E-state index >= 15 is 0 Å². The third kappa shape index (κ3) is 4.88. The van der Waals surface area contributed by atoms with Crippen LogP contribution in [-0.2, 0) is 17.8 Å². The lowest BCUT2D eigenvalue weighted by Gasteiger charge is -2.23. The topological polar surface area (TPSA) is 93.8 Å². The van der Waals surface area contributed by atoms with Gasteiger partial charge in [-0.2, -0.15) is 0 Å². The third-order valence-electron chi connectivity index (χ3n) is 4.70. The molecule has 0 aliphatic carbocycles. The van der Waals surface area contributed by atoms with Crippen LogP contribution < -0.4 is 5.32 Å². The Hall–Kier alpha value is -3.03. The second kappa shape index (κ2) is 9.45. The Labute approximate surface area is 170 Å². The van der Waals surface area contributed by atoms with E-state index in [9.17, 15) is 14.4 Å². The molecule has 2 rings (SSSR count). The highest BCUT2D eigenvalue weighted by atomic mass is 16.5. The van der Waals surface area contributed by atoms with Crippen molar-refractivity contribution < 1.29 is 23.5 Å². The zero-order valence-corrected chi connectivity index (χ0v) is 17.9. The smallest absolute Gasteiger partial charge is 0.354 e. The van der Waals surface area contributed by atoms with E-state index in [1.54, 1.807) is 30.5 Å². The molecule has 0 aliphatic rings. The van der Waals surface area contributed by atoms with Crippen LogP contribution in [0, 0.1) is 13.8 Å². The van der Waals surface area contributed by atoms with Gasteiger partial charge in [0.05, 0.1) is 26.5 Å². The molecule has 8 nitrogen and oxygen atoms in total. The average Bonchev–Trinajstić information content (AvgIpc) is 3.25. The van der Waals surface area contributed by atoms with E-state index < -0.39 is 5.97 Å². The van der Waals surface area contributed by atoms with Crippen LogP contribution >= 0.6 is 0 Å². The number of amides is 2. The molecule has 0 radical (unpaired) electrons. The SMILES string of the molecule is CCn1c(C)c(C(=O)CN(Cc2ccco2)C(=O)NC(C)C)c(C)c1C(=O)OC. The maximum atomic E-state index is 13.2. The Bertz CT molecular complexity index is 881. The minimum Gasteiger partial charge on any atom is -0.467 e. The highest BCUT2D eigenvalue weighted by Crippen LogP contribution is 2.24. The molecule has 0 saturated carbocycles. The molecular formula is C21H29N3O5. The lowest BCUT2D eigenvalue weighted by Crippen LogP contribution is -2.44. The summed E-state index contributed by atoms with van der Waals surface area (Å²) in [6.07, 6.45) is 1.52. The van der Waals surface area contributed by atoms with E-state index in [2.05, 4.69) is 5.32 Å². The molecule has 2 aromatic rings. The van der Waals surface area contributed by atoms with Crippen molar-refractivity contribution in [2.75, 3.05) is 13.7 Å². The van der Waals surface area contributed by atoms with Gasteiger partial charge in [0.1, 0.15) is 11.5 Å². The van der Waals surface area contributed by atoms with Crippen LogP contribution in [0.25, 0.3) is 0 Å². The minimum absolute atomic E-state index is 0.0766. The van der Waals surface area contributed by atoms with Crippen molar-refractivity contribution in [1.82, 2.24) is 14.8 Å². The first-order chi connectivity index (χ1) is 13.7. The monoisotopic (exact) mass is 403 g/mol. The molecule has 0 spiro atoms. The van der Waals surface area contributed by atoms with Gasteiger partial charge in [-0.3, -0.25) is 4.79 Å². The molecule has 29 heavy (non-hydrogen) atoms. The predicted molar refractivity (Wildman–Crippen MR) is 108 cm³/mol. The summed E-state index contributed by atoms with van der Waals surface area (Å²) >= 11 is 0. The number of carbonyl (C=O) groups is 3. The van der Waals surface area contributed by atoms with Crippen LogP contribution in [0.15, 0.2) is 22.8 Å². The van der Waals surface area contributed by atoms with Gasteiger partial charge in [0.2, 0.25) is 0 Å². The zero-order chi connectivity index (χ0) is 21.7. The largest absolute Gasteiger partial charge is 0.467 e. The van der Waals surface area contributed by atoms with E-state index in [0.29, 0.717) is 34.8 Å². The Kier molecular flexibility index (Phi) is 7.25. The summed E-state index contributed by atoms with van der Waals surface area (Å²) < 4.78 is 12.0. The van der Waals surface area contributed by atoms with Crippen LogP contribution in [0.2, 0.25) is 0 Å². The molecule has 2 aromatic heterocycles. The van der Waals surface area contributed by atoms with Crippen LogP contribution in [0.1, 0.15) is 58.6 Å². The molecule has 0 saturated heterocycles. The van der Waals surface area contributed by atoms with Gasteiger partial charge in [0.15, 0.2) is 5.78 Å². The van der Waals surface area contributed by atoms with Crippen molar-refractivity contribution in [1.29, 1.82) is 0 Å². The van der Waals surface area contributed by atoms with Crippen molar-refractivity contribution >= 4 is 17.8 Å². The predicted octanol–water partition coefficient (Wildman–Crippen LogP) is 3.31. The first kappa shape index (κ1) is 22.3. The van der Waals surface area contributed by atoms with Crippen molar-refractivity contribution in [3.05, 3.63) is 46.7 Å². The van der Waals surface area contributed by atoms with Gasteiger partial charge in [-0.05, 0) is 52.3 Å². The third-order valence-corrected chi connectivity index (χ3v) is 4.70. The van der Waals surface area contributed by atoms with Crippen molar-refractivity contribution in [2.45, 2.75) is 53.8 Å². The number of nitrogens with zero attached hydrogens (tertiary/aromatic N) is 2. The molecule has 1 N–H and O–H groups in total. The maximum absolute atomic E-state index is 13.2. The lowest BCUT2D eigenvalue weighted by atomic mass is 10.1. The fraction of sp³-hybridized carbons (Fsp3) is 0.476. The number of ketones is 1. The summed E-state index contributed by atoms with van der Waals surface area (Å²) in [6.45, 7) is 9.65. The molecule has 0 atom stereocenters. The van der Waals surface area contributed by atoms with Gasteiger partial charge < -0.3 is 23.9 Å². The van der Waals surface area contributed by atoms with Gasteiger partial charge in [0.25, 0.3) is 0 Å². The van der Waals surface area contributed by atoms with Gasteiger partial charge in [-0.15, -0.1) is 0 Å². The van der Waals surface area contributed by atoms with Crippen molar-refractivity contribution in [2.24, 2.45) is 0 Å². The maximum Gasteiger partial charge on any atom is 0.354 e. The molecule has 158 valence electrons. The van der Waals surface area contributed by atoms with E-state index in [0.717, 1.165) is 0 Å². The summed E-state index contributed by atoms with van der Waals surface area (Å²) in [5, 5.41) is 2.81. The standard InChI is InChI=1S/C21H29N3O5/c1-7-24-15(5)18(14(4)19(24)20(26)28-6)17(25)12-23(21(27)22-13(2)3)11-16-9-8-10-29-16/h8-10,13H,7,11-12H2,1-6H3,(H,22,27). The first-order valence-corrected chi connectivity index (χ1v) is 9.60. The number of hydrogen-bond acceptors (Lipinski definition) is 5. The Balaban J connectivity index is 2.37.